The van der Waals surface area contributed by atoms with Gasteiger partial charge in [-0.05, 0) is 206 Å². The third kappa shape index (κ3) is 28.4. The van der Waals surface area contributed by atoms with Gasteiger partial charge in [0.25, 0.3) is 0 Å². The second-order valence-electron chi connectivity index (χ2n) is 30.2. The van der Waals surface area contributed by atoms with Gasteiger partial charge in [0.2, 0.25) is 0 Å². The standard InChI is InChI=1S/2C36H28OP2.2C19H14N4O.2BF4.2Cu/c2*1-5-17-29(18-6-1)38(30-19-7-2-8-20-30)35-27-15-13-25-33(35)37-34-26-14-16-28-36(34)39(31-21-9-3-10-22-31)32-23-11-4-12-24-32;2*24-19(15-5-2-1-3-6-15)16-7-9-17(10-8-16)22-14-11-18(21-22)23-13-4-12-20-23;2*2-1(3,4)5;;/h2*1-28H;2*1-14H;;;;/q;;;;2*-1;2*+1/p+4. The van der Waals surface area contributed by atoms with E-state index in [9.17, 15) is 44.1 Å². The fraction of sp³-hybridized carbons (Fsp3) is 0. The molecule has 12 nitrogen and oxygen atoms in total. The maximum atomic E-state index is 12.4. The van der Waals surface area contributed by atoms with Crippen molar-refractivity contribution in [2.45, 2.75) is 0 Å². The number of nitrogens with zero attached hydrogens (tertiary/aromatic N) is 8. The fourth-order valence-corrected chi connectivity index (χ4v) is 25.6. The van der Waals surface area contributed by atoms with Crippen molar-refractivity contribution in [3.63, 3.8) is 0 Å². The number of carbonyl (C=O) groups is 2. The molecule has 20 aromatic rings. The van der Waals surface area contributed by atoms with Crippen LogP contribution in [0.2, 0.25) is 0 Å². The number of hydrogen-bond donors (Lipinski definition) is 0. The smallest absolute Gasteiger partial charge is 0.449 e. The molecule has 0 spiro atoms. The maximum absolute atomic E-state index is 12.4. The normalized spacial score (nSPS) is 10.8. The third-order valence-corrected chi connectivity index (χ3v) is 32.1. The zero-order valence-corrected chi connectivity index (χ0v) is 79.4. The molecule has 0 radical (unpaired) electrons. The SMILES string of the molecule is F[B-](F)(F)F.F[B-](F)(F)F.O=C(c1ccccc1)c1ccc(-n2ccc(-n3cccn3)n2)cc1.O=C(c1ccccc1)c1ccc(-n2ccc(-n3cccn3)n2)cc1.[Cu+].[Cu+].c1ccc([PH+](c2ccccc2)c2ccccc2Oc2ccccc2[PH+](c2ccccc2)c2ccccc2)cc1.c1ccc([PH+](c2ccccc2)c2ccccc2Oc2ccccc2[PH+](c2ccccc2)c2ccccc2)cc1. The Bertz CT molecular complexity index is 6250. The van der Waals surface area contributed by atoms with Crippen molar-refractivity contribution in [2.75, 3.05) is 0 Å². The monoisotopic (exact) mass is 2010 g/mol. The van der Waals surface area contributed by atoms with E-state index in [2.05, 4.69) is 360 Å². The van der Waals surface area contributed by atoms with E-state index in [1.54, 1.807) is 31.1 Å². The molecule has 4 heterocycles. The molecule has 0 aliphatic heterocycles. The van der Waals surface area contributed by atoms with Crippen LogP contribution in [0, 0.1) is 0 Å². The summed E-state index contributed by atoms with van der Waals surface area (Å²) in [5.41, 5.74) is 4.46. The summed E-state index contributed by atoms with van der Waals surface area (Å²) in [6.45, 7) is 0. The van der Waals surface area contributed by atoms with Crippen molar-refractivity contribution < 1.29 is 87.7 Å². The fourth-order valence-electron chi connectivity index (χ4n) is 15.0. The Kier molecular flexibility index (Phi) is 36.9. The van der Waals surface area contributed by atoms with E-state index in [0.29, 0.717) is 22.3 Å². The van der Waals surface area contributed by atoms with E-state index in [4.69, 9.17) is 9.47 Å². The molecule has 0 saturated heterocycles. The topological polar surface area (TPSA) is 124 Å². The molecule has 0 amide bonds. The first-order valence-corrected chi connectivity index (χ1v) is 49.3. The summed E-state index contributed by atoms with van der Waals surface area (Å²) in [5, 5.41) is 33.1. The number of aromatic nitrogens is 8. The average Bonchev–Trinajstić information content (AvgIpc) is 0.859. The molecular weight excluding hydrogens is 1920 g/mol. The molecular formula is C110H88B2Cu2F8N8O4P4+4. The van der Waals surface area contributed by atoms with Gasteiger partial charge in [0.1, 0.15) is 95.3 Å². The Morgan fingerprint density at radius 2 is 0.406 bits per heavy atom. The number of halogens is 8. The van der Waals surface area contributed by atoms with Crippen LogP contribution in [0.4, 0.5) is 34.5 Å². The van der Waals surface area contributed by atoms with Gasteiger partial charge < -0.3 is 44.0 Å². The summed E-state index contributed by atoms with van der Waals surface area (Å²) in [7, 11) is -17.1. The van der Waals surface area contributed by atoms with Crippen LogP contribution in [0.3, 0.4) is 0 Å². The number of ether oxygens (including phenoxy) is 2. The van der Waals surface area contributed by atoms with Gasteiger partial charge in [-0.25, -0.2) is 18.7 Å². The summed E-state index contributed by atoms with van der Waals surface area (Å²) < 4.78 is 98.8. The molecule has 16 aromatic carbocycles. The van der Waals surface area contributed by atoms with Gasteiger partial charge in [-0.1, -0.05) is 255 Å². The first-order valence-electron chi connectivity index (χ1n) is 43.3. The number of carbonyl (C=O) groups excluding carboxylic acids is 2. The number of benzene rings is 16. The van der Waals surface area contributed by atoms with Crippen LogP contribution >= 0.6 is 31.7 Å². The van der Waals surface area contributed by atoms with Crippen molar-refractivity contribution in [3.05, 3.63) is 533 Å². The van der Waals surface area contributed by atoms with E-state index >= 15 is 0 Å². The van der Waals surface area contributed by atoms with Gasteiger partial charge in [0.15, 0.2) is 46.2 Å². The van der Waals surface area contributed by atoms with Gasteiger partial charge in [-0.15, -0.1) is 10.2 Å². The molecule has 4 aromatic heterocycles. The molecule has 0 saturated carbocycles. The Labute approximate surface area is 820 Å². The molecule has 0 bridgehead atoms. The van der Waals surface area contributed by atoms with Gasteiger partial charge in [0.05, 0.1) is 11.4 Å². The Morgan fingerprint density at radius 1 is 0.217 bits per heavy atom. The minimum absolute atomic E-state index is 0. The first kappa shape index (κ1) is 101. The van der Waals surface area contributed by atoms with Crippen molar-refractivity contribution in [1.82, 2.24) is 39.1 Å². The van der Waals surface area contributed by atoms with Crippen molar-refractivity contribution in [2.24, 2.45) is 0 Å². The zero-order valence-electron chi connectivity index (χ0n) is 73.5. The van der Waals surface area contributed by atoms with Crippen molar-refractivity contribution in [1.29, 1.82) is 0 Å². The van der Waals surface area contributed by atoms with Crippen LogP contribution in [-0.4, -0.2) is 65.2 Å². The van der Waals surface area contributed by atoms with E-state index in [-0.39, 0.29) is 45.7 Å². The molecule has 0 unspecified atom stereocenters. The van der Waals surface area contributed by atoms with Crippen LogP contribution in [0.15, 0.2) is 510 Å². The largest absolute Gasteiger partial charge is 1.00 e. The molecule has 28 heteroatoms. The van der Waals surface area contributed by atoms with Gasteiger partial charge in [-0.3, -0.25) is 9.59 Å². The molecule has 138 heavy (non-hydrogen) atoms. The maximum Gasteiger partial charge on any atom is 1.00 e. The number of para-hydroxylation sites is 4. The Balaban J connectivity index is 0.000000152. The molecule has 20 rings (SSSR count). The molecule has 0 fully saturated rings. The first-order chi connectivity index (χ1) is 66.4. The van der Waals surface area contributed by atoms with E-state index in [1.165, 1.54) is 63.7 Å². The van der Waals surface area contributed by atoms with Gasteiger partial charge in [0, 0.05) is 71.6 Å². The second-order valence-corrected chi connectivity index (χ2v) is 40.0. The summed E-state index contributed by atoms with van der Waals surface area (Å²) in [6, 6.07) is 162. The van der Waals surface area contributed by atoms with Crippen LogP contribution in [-0.2, 0) is 34.1 Å². The van der Waals surface area contributed by atoms with E-state index in [1.807, 2.05) is 158 Å². The summed E-state index contributed by atoms with van der Waals surface area (Å²) in [5.74, 6) is 5.21. The number of rotatable bonds is 24. The predicted molar refractivity (Wildman–Crippen MR) is 548 cm³/mol. The molecule has 0 aliphatic carbocycles. The van der Waals surface area contributed by atoms with Crippen LogP contribution in [0.25, 0.3) is 23.0 Å². The van der Waals surface area contributed by atoms with Crippen LogP contribution in [0.5, 0.6) is 23.0 Å². The quantitative estimate of drug-likeness (QED) is 0.0254. The van der Waals surface area contributed by atoms with Crippen molar-refractivity contribution in [3.8, 4) is 46.0 Å². The summed E-state index contributed by atoms with van der Waals surface area (Å²) >= 11 is 0. The summed E-state index contributed by atoms with van der Waals surface area (Å²) in [6.07, 6.45) is 10.8. The van der Waals surface area contributed by atoms with Gasteiger partial charge >= 0.3 is 48.6 Å². The summed E-state index contributed by atoms with van der Waals surface area (Å²) in [4.78, 5) is 24.8. The molecule has 692 valence electrons. The van der Waals surface area contributed by atoms with Crippen LogP contribution in [0.1, 0.15) is 31.8 Å². The minimum atomic E-state index is -6.00. The zero-order chi connectivity index (χ0) is 94.3. The minimum Gasteiger partial charge on any atom is -0.449 e. The molecule has 0 atom stereocenters. The van der Waals surface area contributed by atoms with E-state index < -0.39 is 46.2 Å². The average molecular weight is 2010 g/mol. The predicted octanol–water partition coefficient (Wildman–Crippen LogP) is 22.1. The van der Waals surface area contributed by atoms with Crippen LogP contribution < -0.4 is 73.1 Å². The third-order valence-electron chi connectivity index (χ3n) is 21.1. The number of hydrogen-bond acceptors (Lipinski definition) is 8. The Morgan fingerprint density at radius 3 is 0.609 bits per heavy atom. The number of ketones is 2. The molecule has 0 aliphatic rings. The Hall–Kier alpha value is -14.4. The van der Waals surface area contributed by atoms with Gasteiger partial charge in [-0.2, -0.15) is 10.2 Å². The second kappa shape index (κ2) is 50.4. The van der Waals surface area contributed by atoms with Crippen molar-refractivity contribution >= 4 is 121 Å². The molecule has 0 N–H and O–H groups in total. The van der Waals surface area contributed by atoms with E-state index in [0.717, 1.165) is 46.0 Å².